The van der Waals surface area contributed by atoms with Crippen LogP contribution in [0.3, 0.4) is 0 Å². The molecule has 2 saturated carbocycles. The van der Waals surface area contributed by atoms with Crippen LogP contribution in [0, 0.1) is 23.2 Å². The first-order valence-corrected chi connectivity index (χ1v) is 6.92. The quantitative estimate of drug-likeness (QED) is 0.566. The molecule has 3 aliphatic carbocycles. The van der Waals surface area contributed by atoms with Crippen LogP contribution in [0.4, 0.5) is 0 Å². The summed E-state index contributed by atoms with van der Waals surface area (Å²) in [7, 11) is 0. The summed E-state index contributed by atoms with van der Waals surface area (Å²) < 4.78 is 0. The molecule has 0 spiro atoms. The molecular weight excluding hydrogens is 196 g/mol. The highest BCUT2D eigenvalue weighted by Gasteiger charge is 2.51. The molecule has 0 bridgehead atoms. The van der Waals surface area contributed by atoms with Crippen molar-refractivity contribution in [3.05, 3.63) is 12.2 Å². The number of hydrogen-bond acceptors (Lipinski definition) is 1. The maximum absolute atomic E-state index is 12.3. The summed E-state index contributed by atoms with van der Waals surface area (Å²) in [4.78, 5) is 12.3. The van der Waals surface area contributed by atoms with Crippen molar-refractivity contribution in [2.45, 2.75) is 51.9 Å². The van der Waals surface area contributed by atoms with Gasteiger partial charge in [0.15, 0.2) is 0 Å². The van der Waals surface area contributed by atoms with E-state index in [0.29, 0.717) is 17.6 Å². The molecule has 4 atom stereocenters. The predicted molar refractivity (Wildman–Crippen MR) is 65.0 cm³/mol. The fraction of sp³-hybridized carbons (Fsp3) is 0.800. The highest BCUT2D eigenvalue weighted by molar-refractivity contribution is 5.83. The van der Waals surface area contributed by atoms with Crippen molar-refractivity contribution < 1.29 is 4.79 Å². The number of Topliss-reactive ketones (excluding diaryl/α,β-unsaturated/α-hetero) is 1. The number of carbonyl (C=O) groups excluding carboxylic acids is 1. The summed E-state index contributed by atoms with van der Waals surface area (Å²) in [6.07, 6.45) is 13.2. The average molecular weight is 218 g/mol. The Morgan fingerprint density at radius 3 is 2.94 bits per heavy atom. The molecule has 0 N–H and O–H groups in total. The van der Waals surface area contributed by atoms with Gasteiger partial charge in [-0.3, -0.25) is 4.79 Å². The van der Waals surface area contributed by atoms with Gasteiger partial charge < -0.3 is 0 Å². The van der Waals surface area contributed by atoms with Crippen LogP contribution in [0.5, 0.6) is 0 Å². The Balaban J connectivity index is 1.97. The van der Waals surface area contributed by atoms with Gasteiger partial charge in [-0.2, -0.15) is 0 Å². The van der Waals surface area contributed by atoms with E-state index in [1.807, 2.05) is 0 Å². The van der Waals surface area contributed by atoms with Crippen LogP contribution in [0.2, 0.25) is 0 Å². The normalized spacial score (nSPS) is 47.3. The number of rotatable bonds is 0. The molecule has 88 valence electrons. The number of hydrogen-bond donors (Lipinski definition) is 0. The first-order chi connectivity index (χ1) is 7.72. The minimum Gasteiger partial charge on any atom is -0.299 e. The van der Waals surface area contributed by atoms with Gasteiger partial charge in [-0.25, -0.2) is 0 Å². The predicted octanol–water partition coefficient (Wildman–Crippen LogP) is 3.74. The van der Waals surface area contributed by atoms with E-state index in [2.05, 4.69) is 19.1 Å². The molecule has 2 fully saturated rings. The van der Waals surface area contributed by atoms with Crippen LogP contribution in [0.1, 0.15) is 51.9 Å². The Bertz CT molecular complexity index is 330. The third-order valence-electron chi connectivity index (χ3n) is 5.41. The Kier molecular flexibility index (Phi) is 2.45. The van der Waals surface area contributed by atoms with Crippen molar-refractivity contribution in [2.75, 3.05) is 0 Å². The van der Waals surface area contributed by atoms with Gasteiger partial charge in [0.05, 0.1) is 0 Å². The van der Waals surface area contributed by atoms with Gasteiger partial charge in [0.2, 0.25) is 0 Å². The molecule has 0 aromatic carbocycles. The van der Waals surface area contributed by atoms with Crippen molar-refractivity contribution in [3.63, 3.8) is 0 Å². The SMILES string of the molecule is C[C@@]12C=CCC[C@@H]1C(=O)C[C@H]1CCCC[C@@H]12. The maximum Gasteiger partial charge on any atom is 0.137 e. The van der Waals surface area contributed by atoms with Crippen molar-refractivity contribution in [2.24, 2.45) is 23.2 Å². The lowest BCUT2D eigenvalue weighted by Crippen LogP contribution is -2.49. The van der Waals surface area contributed by atoms with E-state index in [1.165, 1.54) is 25.7 Å². The fourth-order valence-electron chi connectivity index (χ4n) is 4.59. The van der Waals surface area contributed by atoms with Crippen molar-refractivity contribution >= 4 is 5.78 Å². The fourth-order valence-corrected chi connectivity index (χ4v) is 4.59. The van der Waals surface area contributed by atoms with Gasteiger partial charge in [0.25, 0.3) is 0 Å². The molecule has 3 rings (SSSR count). The Morgan fingerprint density at radius 2 is 2.06 bits per heavy atom. The minimum absolute atomic E-state index is 0.207. The van der Waals surface area contributed by atoms with Gasteiger partial charge in [-0.1, -0.05) is 31.9 Å². The number of carbonyl (C=O) groups is 1. The summed E-state index contributed by atoms with van der Waals surface area (Å²) in [5, 5.41) is 0. The summed E-state index contributed by atoms with van der Waals surface area (Å²) >= 11 is 0. The summed E-state index contributed by atoms with van der Waals surface area (Å²) in [5.74, 6) is 2.40. The van der Waals surface area contributed by atoms with Gasteiger partial charge in [0.1, 0.15) is 5.78 Å². The van der Waals surface area contributed by atoms with Crippen molar-refractivity contribution in [1.29, 1.82) is 0 Å². The van der Waals surface area contributed by atoms with Crippen molar-refractivity contribution in [1.82, 2.24) is 0 Å². The van der Waals surface area contributed by atoms with E-state index in [4.69, 9.17) is 0 Å². The topological polar surface area (TPSA) is 17.1 Å². The lowest BCUT2D eigenvalue weighted by atomic mass is 9.51. The summed E-state index contributed by atoms with van der Waals surface area (Å²) in [6.45, 7) is 2.35. The Labute approximate surface area is 98.3 Å². The molecule has 0 saturated heterocycles. The van der Waals surface area contributed by atoms with E-state index < -0.39 is 0 Å². The molecule has 1 heteroatoms. The molecule has 0 aliphatic heterocycles. The smallest absolute Gasteiger partial charge is 0.137 e. The van der Waals surface area contributed by atoms with Crippen LogP contribution < -0.4 is 0 Å². The standard InChI is InChI=1S/C15H22O/c1-15-9-5-4-8-13(15)14(16)10-11-6-2-3-7-12(11)15/h5,9,11-13H,2-4,6-8,10H2,1H3/t11-,12+,13-,15+/m1/s1. The van der Waals surface area contributed by atoms with Crippen LogP contribution in [0.15, 0.2) is 12.2 Å². The third kappa shape index (κ3) is 1.40. The zero-order valence-corrected chi connectivity index (χ0v) is 10.2. The Morgan fingerprint density at radius 1 is 1.25 bits per heavy atom. The molecule has 0 aromatic heterocycles. The average Bonchev–Trinajstić information content (AvgIpc) is 2.29. The highest BCUT2D eigenvalue weighted by atomic mass is 16.1. The summed E-state index contributed by atoms with van der Waals surface area (Å²) in [5.41, 5.74) is 0.207. The first-order valence-electron chi connectivity index (χ1n) is 6.92. The lowest BCUT2D eigenvalue weighted by molar-refractivity contribution is -0.136. The van der Waals surface area contributed by atoms with Gasteiger partial charge in [-0.05, 0) is 42.9 Å². The molecular formula is C15H22O. The molecule has 1 nitrogen and oxygen atoms in total. The summed E-state index contributed by atoms with van der Waals surface area (Å²) in [6, 6.07) is 0. The van der Waals surface area contributed by atoms with E-state index in [0.717, 1.165) is 25.2 Å². The van der Waals surface area contributed by atoms with Crippen LogP contribution in [-0.2, 0) is 4.79 Å². The van der Waals surface area contributed by atoms with Gasteiger partial charge in [-0.15, -0.1) is 0 Å². The molecule has 0 radical (unpaired) electrons. The monoisotopic (exact) mass is 218 g/mol. The second kappa shape index (κ2) is 3.72. The molecule has 0 unspecified atom stereocenters. The first kappa shape index (κ1) is 10.6. The third-order valence-corrected chi connectivity index (χ3v) is 5.41. The van der Waals surface area contributed by atoms with E-state index in [1.54, 1.807) is 0 Å². The zero-order chi connectivity index (χ0) is 11.2. The molecule has 16 heavy (non-hydrogen) atoms. The van der Waals surface area contributed by atoms with Crippen molar-refractivity contribution in [3.8, 4) is 0 Å². The van der Waals surface area contributed by atoms with E-state index >= 15 is 0 Å². The second-order valence-corrected chi connectivity index (χ2v) is 6.22. The van der Waals surface area contributed by atoms with Gasteiger partial charge in [0, 0.05) is 12.3 Å². The zero-order valence-electron chi connectivity index (χ0n) is 10.2. The maximum atomic E-state index is 12.3. The number of fused-ring (bicyclic) bond motifs is 3. The lowest BCUT2D eigenvalue weighted by Gasteiger charge is -2.52. The second-order valence-electron chi connectivity index (χ2n) is 6.22. The van der Waals surface area contributed by atoms with Crippen LogP contribution >= 0.6 is 0 Å². The highest BCUT2D eigenvalue weighted by Crippen LogP contribution is 2.55. The van der Waals surface area contributed by atoms with E-state index in [-0.39, 0.29) is 5.41 Å². The van der Waals surface area contributed by atoms with Gasteiger partial charge >= 0.3 is 0 Å². The number of ketones is 1. The van der Waals surface area contributed by atoms with Crippen LogP contribution in [-0.4, -0.2) is 5.78 Å². The number of allylic oxidation sites excluding steroid dienone is 2. The molecule has 3 aliphatic rings. The molecule has 0 amide bonds. The van der Waals surface area contributed by atoms with E-state index in [9.17, 15) is 4.79 Å². The Hall–Kier alpha value is -0.590. The molecule has 0 heterocycles. The largest absolute Gasteiger partial charge is 0.299 e. The minimum atomic E-state index is 0.207. The molecule has 0 aromatic rings. The van der Waals surface area contributed by atoms with Crippen LogP contribution in [0.25, 0.3) is 0 Å².